The third-order valence-corrected chi connectivity index (χ3v) is 4.71. The summed E-state index contributed by atoms with van der Waals surface area (Å²) in [6.07, 6.45) is 1.38. The zero-order chi connectivity index (χ0) is 21.3. The van der Waals surface area contributed by atoms with Crippen LogP contribution in [0.3, 0.4) is 0 Å². The van der Waals surface area contributed by atoms with Crippen molar-refractivity contribution >= 4 is 34.9 Å². The molecule has 0 radical (unpaired) electrons. The Bertz CT molecular complexity index is 1120. The number of fused-ring (bicyclic) bond motifs is 1. The summed E-state index contributed by atoms with van der Waals surface area (Å²) in [5.41, 5.74) is 7.12. The summed E-state index contributed by atoms with van der Waals surface area (Å²) >= 11 is 0. The lowest BCUT2D eigenvalue weighted by atomic mass is 10.1. The summed E-state index contributed by atoms with van der Waals surface area (Å²) in [4.78, 5) is 36.0. The van der Waals surface area contributed by atoms with Crippen LogP contribution in [0.2, 0.25) is 0 Å². The minimum atomic E-state index is -1.48. The molecule has 1 aromatic carbocycles. The van der Waals surface area contributed by atoms with Crippen molar-refractivity contribution in [2.24, 2.45) is 0 Å². The number of rotatable bonds is 5. The first-order valence-corrected chi connectivity index (χ1v) is 8.98. The number of hydrogen-bond acceptors (Lipinski definition) is 8. The van der Waals surface area contributed by atoms with Gasteiger partial charge in [0.15, 0.2) is 23.8 Å². The number of nitrogens with two attached hydrogens (primary N) is 1. The van der Waals surface area contributed by atoms with E-state index in [4.69, 9.17) is 10.5 Å². The van der Waals surface area contributed by atoms with Gasteiger partial charge in [0.05, 0.1) is 12.4 Å². The zero-order valence-corrected chi connectivity index (χ0v) is 15.5. The standard InChI is InChI=1S/C19H18N6O5/c20-16-13-17(22-8-21-16)25(9-23-13)18-14(27)12(15(30-18)19(28)29)24-11(26)7-6-10-4-2-1-3-5-10/h1-9,12,14-15,18,27H,(H,24,26)(H,28,29)(H2,20,21,22)/t12-,14+,15-,18+/m0/s1. The molecule has 154 valence electrons. The van der Waals surface area contributed by atoms with Crippen LogP contribution in [0.15, 0.2) is 49.1 Å². The summed E-state index contributed by atoms with van der Waals surface area (Å²) in [6, 6.07) is 7.92. The zero-order valence-electron chi connectivity index (χ0n) is 15.5. The Kier molecular flexibility index (Phi) is 5.12. The second-order valence-electron chi connectivity index (χ2n) is 6.64. The minimum absolute atomic E-state index is 0.136. The number of carbonyl (C=O) groups excluding carboxylic acids is 1. The summed E-state index contributed by atoms with van der Waals surface area (Å²) in [5, 5.41) is 22.8. The Morgan fingerprint density at radius 1 is 1.20 bits per heavy atom. The number of ether oxygens (including phenoxy) is 1. The first-order chi connectivity index (χ1) is 14.5. The molecule has 0 aliphatic carbocycles. The lowest BCUT2D eigenvalue weighted by molar-refractivity contribution is -0.152. The van der Waals surface area contributed by atoms with E-state index in [1.165, 1.54) is 23.3 Å². The molecule has 5 N–H and O–H groups in total. The van der Waals surface area contributed by atoms with Crippen LogP contribution < -0.4 is 11.1 Å². The summed E-state index contributed by atoms with van der Waals surface area (Å²) in [5.74, 6) is -1.76. The van der Waals surface area contributed by atoms with Crippen LogP contribution in [0.25, 0.3) is 17.2 Å². The maximum atomic E-state index is 12.3. The van der Waals surface area contributed by atoms with Crippen LogP contribution in [0.4, 0.5) is 5.82 Å². The molecule has 3 aromatic rings. The van der Waals surface area contributed by atoms with E-state index in [0.29, 0.717) is 5.52 Å². The van der Waals surface area contributed by atoms with Gasteiger partial charge < -0.3 is 26.0 Å². The summed E-state index contributed by atoms with van der Waals surface area (Å²) in [7, 11) is 0. The molecule has 1 aliphatic rings. The van der Waals surface area contributed by atoms with Gasteiger partial charge in [0.1, 0.15) is 17.9 Å². The van der Waals surface area contributed by atoms with Gasteiger partial charge in [-0.05, 0) is 11.6 Å². The van der Waals surface area contributed by atoms with Crippen molar-refractivity contribution in [3.63, 3.8) is 0 Å². The van der Waals surface area contributed by atoms with Gasteiger partial charge in [-0.15, -0.1) is 0 Å². The van der Waals surface area contributed by atoms with Crippen LogP contribution in [-0.2, 0) is 14.3 Å². The van der Waals surface area contributed by atoms with E-state index in [-0.39, 0.29) is 11.5 Å². The van der Waals surface area contributed by atoms with Crippen molar-refractivity contribution in [2.75, 3.05) is 5.73 Å². The molecule has 3 heterocycles. The fraction of sp³-hybridized carbons (Fsp3) is 0.211. The quantitative estimate of drug-likeness (QED) is 0.422. The number of hydrogen-bond donors (Lipinski definition) is 4. The molecule has 0 spiro atoms. The number of imidazole rings is 1. The van der Waals surface area contributed by atoms with Gasteiger partial charge in [-0.25, -0.2) is 19.7 Å². The lowest BCUT2D eigenvalue weighted by Gasteiger charge is -2.19. The Hall–Kier alpha value is -3.83. The summed E-state index contributed by atoms with van der Waals surface area (Å²) in [6.45, 7) is 0. The third-order valence-electron chi connectivity index (χ3n) is 4.71. The second-order valence-corrected chi connectivity index (χ2v) is 6.64. The number of nitrogens with zero attached hydrogens (tertiary/aromatic N) is 4. The van der Waals surface area contributed by atoms with E-state index < -0.39 is 36.4 Å². The second kappa shape index (κ2) is 7.89. The predicted octanol–water partition coefficient (Wildman–Crippen LogP) is -0.0504. The molecule has 30 heavy (non-hydrogen) atoms. The van der Waals surface area contributed by atoms with E-state index in [0.717, 1.165) is 5.56 Å². The Labute approximate surface area is 169 Å². The molecule has 11 heteroatoms. The fourth-order valence-corrected chi connectivity index (χ4v) is 3.28. The lowest BCUT2D eigenvalue weighted by Crippen LogP contribution is -2.49. The average Bonchev–Trinajstić information content (AvgIpc) is 3.30. The molecule has 1 amide bonds. The molecular weight excluding hydrogens is 392 g/mol. The van der Waals surface area contributed by atoms with Gasteiger partial charge in [0, 0.05) is 6.08 Å². The number of aliphatic hydroxyl groups excluding tert-OH is 1. The highest BCUT2D eigenvalue weighted by molar-refractivity contribution is 5.92. The number of aromatic nitrogens is 4. The van der Waals surface area contributed by atoms with Crippen LogP contribution >= 0.6 is 0 Å². The Balaban J connectivity index is 1.57. The highest BCUT2D eigenvalue weighted by Crippen LogP contribution is 2.32. The molecule has 1 saturated heterocycles. The van der Waals surface area contributed by atoms with Crippen LogP contribution in [0, 0.1) is 0 Å². The molecule has 0 unspecified atom stereocenters. The smallest absolute Gasteiger partial charge is 0.335 e. The van der Waals surface area contributed by atoms with Gasteiger partial charge in [-0.1, -0.05) is 30.3 Å². The number of aliphatic carboxylic acids is 1. The van der Waals surface area contributed by atoms with Crippen molar-refractivity contribution in [1.82, 2.24) is 24.8 Å². The minimum Gasteiger partial charge on any atom is -0.479 e. The molecule has 1 aliphatic heterocycles. The number of benzene rings is 1. The number of nitrogen functional groups attached to an aromatic ring is 1. The Morgan fingerprint density at radius 2 is 1.97 bits per heavy atom. The highest BCUT2D eigenvalue weighted by Gasteiger charge is 2.49. The number of nitrogens with one attached hydrogen (secondary N) is 1. The number of amides is 1. The van der Waals surface area contributed by atoms with E-state index in [1.54, 1.807) is 6.08 Å². The largest absolute Gasteiger partial charge is 0.479 e. The van der Waals surface area contributed by atoms with Crippen molar-refractivity contribution in [3.8, 4) is 0 Å². The molecule has 4 atom stereocenters. The van der Waals surface area contributed by atoms with Crippen molar-refractivity contribution in [2.45, 2.75) is 24.5 Å². The number of anilines is 1. The highest BCUT2D eigenvalue weighted by atomic mass is 16.6. The van der Waals surface area contributed by atoms with E-state index >= 15 is 0 Å². The number of carboxylic acid groups (broad SMARTS) is 1. The molecule has 2 aromatic heterocycles. The van der Waals surface area contributed by atoms with E-state index in [1.807, 2.05) is 30.3 Å². The van der Waals surface area contributed by atoms with Crippen molar-refractivity contribution in [1.29, 1.82) is 0 Å². The molecule has 11 nitrogen and oxygen atoms in total. The summed E-state index contributed by atoms with van der Waals surface area (Å²) < 4.78 is 6.90. The van der Waals surface area contributed by atoms with E-state index in [2.05, 4.69) is 20.3 Å². The SMILES string of the molecule is Nc1ncnc2c1ncn2[C@@H]1O[C@H](C(=O)O)[C@@H](NC(=O)C=Cc2ccccc2)[C@H]1O. The van der Waals surface area contributed by atoms with Gasteiger partial charge in [-0.2, -0.15) is 0 Å². The maximum absolute atomic E-state index is 12.3. The van der Waals surface area contributed by atoms with Crippen molar-refractivity contribution in [3.05, 3.63) is 54.6 Å². The van der Waals surface area contributed by atoms with E-state index in [9.17, 15) is 19.8 Å². The third kappa shape index (κ3) is 3.58. The molecular formula is C19H18N6O5. The van der Waals surface area contributed by atoms with Crippen molar-refractivity contribution < 1.29 is 24.5 Å². The fourth-order valence-electron chi connectivity index (χ4n) is 3.28. The molecule has 0 saturated carbocycles. The number of carbonyl (C=O) groups is 2. The first kappa shape index (κ1) is 19.5. The van der Waals surface area contributed by atoms with Gasteiger partial charge in [-0.3, -0.25) is 9.36 Å². The van der Waals surface area contributed by atoms with Gasteiger partial charge >= 0.3 is 5.97 Å². The van der Waals surface area contributed by atoms with Crippen LogP contribution in [0.1, 0.15) is 11.8 Å². The normalized spacial score (nSPS) is 23.8. The van der Waals surface area contributed by atoms with Crippen LogP contribution in [-0.4, -0.2) is 59.9 Å². The predicted molar refractivity (Wildman–Crippen MR) is 105 cm³/mol. The monoisotopic (exact) mass is 410 g/mol. The number of carboxylic acids is 1. The first-order valence-electron chi connectivity index (χ1n) is 8.98. The number of aliphatic hydroxyl groups is 1. The molecule has 0 bridgehead atoms. The maximum Gasteiger partial charge on any atom is 0.335 e. The topological polar surface area (TPSA) is 165 Å². The average molecular weight is 410 g/mol. The van der Waals surface area contributed by atoms with Crippen LogP contribution in [0.5, 0.6) is 0 Å². The van der Waals surface area contributed by atoms with Gasteiger partial charge in [0.25, 0.3) is 0 Å². The van der Waals surface area contributed by atoms with Gasteiger partial charge in [0.2, 0.25) is 5.91 Å². The molecule has 1 fully saturated rings. The Morgan fingerprint density at radius 3 is 2.70 bits per heavy atom. The molecule has 4 rings (SSSR count).